The number of carboxylic acids is 1. The molecule has 2 amide bonds. The third kappa shape index (κ3) is 6.13. The van der Waals surface area contributed by atoms with Crippen molar-refractivity contribution >= 4 is 17.7 Å². The maximum atomic E-state index is 12.1. The van der Waals surface area contributed by atoms with E-state index in [4.69, 9.17) is 5.11 Å². The van der Waals surface area contributed by atoms with Crippen molar-refractivity contribution in [1.29, 1.82) is 0 Å². The summed E-state index contributed by atoms with van der Waals surface area (Å²) < 4.78 is 0. The molecule has 0 saturated carbocycles. The SMILES string of the molecule is CN(C)CCCNC(=O)N(CC(=O)O)c1ccc(O)cc1. The first kappa shape index (κ1) is 16.8. The zero-order valence-electron chi connectivity index (χ0n) is 12.2. The molecule has 1 aromatic carbocycles. The van der Waals surface area contributed by atoms with Crippen LogP contribution < -0.4 is 10.2 Å². The Hall–Kier alpha value is -2.28. The number of hydrogen-bond donors (Lipinski definition) is 3. The number of carbonyl (C=O) groups is 2. The molecule has 1 aromatic rings. The number of carbonyl (C=O) groups excluding carboxylic acids is 1. The van der Waals surface area contributed by atoms with Crippen molar-refractivity contribution in [3.63, 3.8) is 0 Å². The predicted molar refractivity (Wildman–Crippen MR) is 79.7 cm³/mol. The highest BCUT2D eigenvalue weighted by Crippen LogP contribution is 2.18. The summed E-state index contributed by atoms with van der Waals surface area (Å²) >= 11 is 0. The molecule has 0 spiro atoms. The van der Waals surface area contributed by atoms with Crippen LogP contribution in [-0.4, -0.2) is 60.8 Å². The molecule has 0 atom stereocenters. The molecule has 7 heteroatoms. The molecule has 0 bridgehead atoms. The van der Waals surface area contributed by atoms with E-state index < -0.39 is 18.5 Å². The first-order valence-corrected chi connectivity index (χ1v) is 6.61. The number of benzene rings is 1. The lowest BCUT2D eigenvalue weighted by Gasteiger charge is -2.21. The van der Waals surface area contributed by atoms with Gasteiger partial charge in [0.1, 0.15) is 12.3 Å². The predicted octanol–water partition coefficient (Wildman–Crippen LogP) is 0.945. The number of nitrogens with zero attached hydrogens (tertiary/aromatic N) is 2. The van der Waals surface area contributed by atoms with Gasteiger partial charge in [-0.25, -0.2) is 4.79 Å². The maximum Gasteiger partial charge on any atom is 0.323 e. The van der Waals surface area contributed by atoms with Gasteiger partial charge in [-0.05, 0) is 51.3 Å². The van der Waals surface area contributed by atoms with Crippen molar-refractivity contribution in [2.75, 3.05) is 38.6 Å². The Morgan fingerprint density at radius 2 is 1.81 bits per heavy atom. The van der Waals surface area contributed by atoms with E-state index >= 15 is 0 Å². The third-order valence-electron chi connectivity index (χ3n) is 2.76. The monoisotopic (exact) mass is 295 g/mol. The number of carboxylic acid groups (broad SMARTS) is 1. The number of aromatic hydroxyl groups is 1. The van der Waals surface area contributed by atoms with Crippen LogP contribution in [0.4, 0.5) is 10.5 Å². The maximum absolute atomic E-state index is 12.1. The van der Waals surface area contributed by atoms with Gasteiger partial charge in [0.25, 0.3) is 0 Å². The number of phenols is 1. The highest BCUT2D eigenvalue weighted by Gasteiger charge is 2.18. The fraction of sp³-hybridized carbons (Fsp3) is 0.429. The van der Waals surface area contributed by atoms with E-state index in [9.17, 15) is 14.7 Å². The van der Waals surface area contributed by atoms with Crippen molar-refractivity contribution < 1.29 is 19.8 Å². The van der Waals surface area contributed by atoms with Crippen LogP contribution in [0.1, 0.15) is 6.42 Å². The van der Waals surface area contributed by atoms with Gasteiger partial charge in [0.05, 0.1) is 0 Å². The molecule has 116 valence electrons. The lowest BCUT2D eigenvalue weighted by molar-refractivity contribution is -0.135. The molecule has 0 radical (unpaired) electrons. The molecule has 0 aliphatic rings. The molecule has 0 heterocycles. The van der Waals surface area contributed by atoms with Crippen LogP contribution >= 0.6 is 0 Å². The van der Waals surface area contributed by atoms with Crippen molar-refractivity contribution in [3.8, 4) is 5.75 Å². The summed E-state index contributed by atoms with van der Waals surface area (Å²) in [5.74, 6) is -1.05. The van der Waals surface area contributed by atoms with E-state index in [1.54, 1.807) is 0 Å². The minimum atomic E-state index is -1.11. The molecule has 3 N–H and O–H groups in total. The lowest BCUT2D eigenvalue weighted by Crippen LogP contribution is -2.43. The van der Waals surface area contributed by atoms with Gasteiger partial charge < -0.3 is 20.4 Å². The van der Waals surface area contributed by atoms with Gasteiger partial charge in [0.2, 0.25) is 0 Å². The number of phenolic OH excluding ortho intramolecular Hbond substituents is 1. The number of anilines is 1. The Kier molecular flexibility index (Phi) is 6.48. The second-order valence-electron chi connectivity index (χ2n) is 4.89. The average molecular weight is 295 g/mol. The van der Waals surface area contributed by atoms with Gasteiger partial charge >= 0.3 is 12.0 Å². The van der Waals surface area contributed by atoms with Crippen LogP contribution in [0.25, 0.3) is 0 Å². The van der Waals surface area contributed by atoms with Crippen molar-refractivity contribution in [2.45, 2.75) is 6.42 Å². The average Bonchev–Trinajstić information content (AvgIpc) is 2.41. The van der Waals surface area contributed by atoms with Crippen LogP contribution in [0.15, 0.2) is 24.3 Å². The summed E-state index contributed by atoms with van der Waals surface area (Å²) in [6, 6.07) is 5.34. The largest absolute Gasteiger partial charge is 0.508 e. The molecular weight excluding hydrogens is 274 g/mol. The molecule has 21 heavy (non-hydrogen) atoms. The Balaban J connectivity index is 2.66. The molecular formula is C14H21N3O4. The van der Waals surface area contributed by atoms with Gasteiger partial charge in [-0.2, -0.15) is 0 Å². The van der Waals surface area contributed by atoms with Crippen LogP contribution in [0.3, 0.4) is 0 Å². The Labute approximate surface area is 123 Å². The fourth-order valence-corrected chi connectivity index (χ4v) is 1.73. The van der Waals surface area contributed by atoms with Crippen LogP contribution in [-0.2, 0) is 4.79 Å². The summed E-state index contributed by atoms with van der Waals surface area (Å²) in [6.07, 6.45) is 0.773. The highest BCUT2D eigenvalue weighted by atomic mass is 16.4. The number of rotatable bonds is 7. The van der Waals surface area contributed by atoms with E-state index in [0.717, 1.165) is 17.9 Å². The quantitative estimate of drug-likeness (QED) is 0.651. The van der Waals surface area contributed by atoms with Gasteiger partial charge in [-0.15, -0.1) is 0 Å². The first-order chi connectivity index (χ1) is 9.90. The number of urea groups is 1. The summed E-state index contributed by atoms with van der Waals surface area (Å²) in [4.78, 5) is 26.1. The standard InChI is InChI=1S/C14H21N3O4/c1-16(2)9-3-8-15-14(21)17(10-13(19)20)11-4-6-12(18)7-5-11/h4-7,18H,3,8-10H2,1-2H3,(H,15,21)(H,19,20). The summed E-state index contributed by atoms with van der Waals surface area (Å²) in [6.45, 7) is 0.855. The second kappa shape index (κ2) is 8.11. The van der Waals surface area contributed by atoms with E-state index in [1.165, 1.54) is 24.3 Å². The molecule has 0 aliphatic carbocycles. The summed E-state index contributed by atoms with van der Waals surface area (Å²) in [5, 5.41) is 20.9. The molecule has 7 nitrogen and oxygen atoms in total. The van der Waals surface area contributed by atoms with Gasteiger partial charge in [-0.1, -0.05) is 0 Å². The van der Waals surface area contributed by atoms with Crippen molar-refractivity contribution in [1.82, 2.24) is 10.2 Å². The molecule has 0 unspecified atom stereocenters. The Morgan fingerprint density at radius 3 is 2.33 bits per heavy atom. The van der Waals surface area contributed by atoms with Gasteiger partial charge in [0, 0.05) is 12.2 Å². The molecule has 0 aromatic heterocycles. The Bertz CT molecular complexity index is 474. The second-order valence-corrected chi connectivity index (χ2v) is 4.89. The third-order valence-corrected chi connectivity index (χ3v) is 2.76. The number of amides is 2. The van der Waals surface area contributed by atoms with Crippen molar-refractivity contribution in [2.24, 2.45) is 0 Å². The van der Waals surface area contributed by atoms with E-state index in [2.05, 4.69) is 5.32 Å². The zero-order chi connectivity index (χ0) is 15.8. The van der Waals surface area contributed by atoms with Crippen LogP contribution in [0.5, 0.6) is 5.75 Å². The number of nitrogens with one attached hydrogen (secondary N) is 1. The van der Waals surface area contributed by atoms with E-state index in [1.807, 2.05) is 19.0 Å². The molecule has 0 saturated heterocycles. The highest BCUT2D eigenvalue weighted by molar-refractivity contribution is 5.96. The molecule has 0 fully saturated rings. The normalized spacial score (nSPS) is 10.4. The number of aliphatic carboxylic acids is 1. The van der Waals surface area contributed by atoms with Gasteiger partial charge in [-0.3, -0.25) is 9.69 Å². The molecule has 0 aliphatic heterocycles. The van der Waals surface area contributed by atoms with E-state index in [-0.39, 0.29) is 5.75 Å². The zero-order valence-corrected chi connectivity index (χ0v) is 12.2. The van der Waals surface area contributed by atoms with E-state index in [0.29, 0.717) is 12.2 Å². The number of hydrogen-bond acceptors (Lipinski definition) is 4. The van der Waals surface area contributed by atoms with Crippen molar-refractivity contribution in [3.05, 3.63) is 24.3 Å². The van der Waals surface area contributed by atoms with Gasteiger partial charge in [0.15, 0.2) is 0 Å². The minimum absolute atomic E-state index is 0.0559. The fourth-order valence-electron chi connectivity index (χ4n) is 1.73. The van der Waals surface area contributed by atoms with Crippen LogP contribution in [0, 0.1) is 0 Å². The van der Waals surface area contributed by atoms with Crippen LogP contribution in [0.2, 0.25) is 0 Å². The first-order valence-electron chi connectivity index (χ1n) is 6.61. The Morgan fingerprint density at radius 1 is 1.19 bits per heavy atom. The summed E-state index contributed by atoms with van der Waals surface area (Å²) in [7, 11) is 3.88. The topological polar surface area (TPSA) is 93.1 Å². The minimum Gasteiger partial charge on any atom is -0.508 e. The smallest absolute Gasteiger partial charge is 0.323 e. The summed E-state index contributed by atoms with van der Waals surface area (Å²) in [5.41, 5.74) is 0.417. The lowest BCUT2D eigenvalue weighted by atomic mass is 10.2. The molecule has 1 rings (SSSR count).